The van der Waals surface area contributed by atoms with E-state index in [9.17, 15) is 8.42 Å². The second-order valence-corrected chi connectivity index (χ2v) is 5.53. The van der Waals surface area contributed by atoms with Gasteiger partial charge >= 0.3 is 0 Å². The fraction of sp³-hybridized carbons (Fsp3) is 0.778. The lowest BCUT2D eigenvalue weighted by Crippen LogP contribution is -2.31. The molecule has 1 unspecified atom stereocenters. The van der Waals surface area contributed by atoms with Gasteiger partial charge in [0.2, 0.25) is 10.0 Å². The van der Waals surface area contributed by atoms with Crippen molar-refractivity contribution < 1.29 is 8.42 Å². The molecule has 0 bridgehead atoms. The van der Waals surface area contributed by atoms with Crippen LogP contribution in [0.15, 0.2) is 12.7 Å². The van der Waals surface area contributed by atoms with E-state index < -0.39 is 10.0 Å². The summed E-state index contributed by atoms with van der Waals surface area (Å²) in [5.41, 5.74) is 0. The number of sulfonamides is 1. The van der Waals surface area contributed by atoms with Gasteiger partial charge in [0.15, 0.2) is 0 Å². The van der Waals surface area contributed by atoms with Gasteiger partial charge in [-0.05, 0) is 31.8 Å². The Labute approximate surface area is 85.8 Å². The van der Waals surface area contributed by atoms with Crippen molar-refractivity contribution in [2.24, 2.45) is 5.92 Å². The van der Waals surface area contributed by atoms with E-state index in [2.05, 4.69) is 16.6 Å². The molecular formula is C9H18N2O2S. The van der Waals surface area contributed by atoms with E-state index in [0.717, 1.165) is 19.5 Å². The summed E-state index contributed by atoms with van der Waals surface area (Å²) < 4.78 is 25.4. The Balaban J connectivity index is 2.24. The zero-order chi connectivity index (χ0) is 10.4. The smallest absolute Gasteiger partial charge is 0.211 e. The summed E-state index contributed by atoms with van der Waals surface area (Å²) in [7, 11) is -3.08. The van der Waals surface area contributed by atoms with E-state index in [4.69, 9.17) is 0 Å². The Bertz CT molecular complexity index is 269. The zero-order valence-electron chi connectivity index (χ0n) is 8.33. The van der Waals surface area contributed by atoms with Gasteiger partial charge in [-0.2, -0.15) is 0 Å². The average Bonchev–Trinajstić information content (AvgIpc) is 2.64. The van der Waals surface area contributed by atoms with Gasteiger partial charge in [0.1, 0.15) is 0 Å². The third-order valence-electron chi connectivity index (χ3n) is 2.35. The Hall–Kier alpha value is -0.390. The number of rotatable bonds is 6. The topological polar surface area (TPSA) is 58.2 Å². The minimum absolute atomic E-state index is 0.149. The van der Waals surface area contributed by atoms with Crippen molar-refractivity contribution in [3.63, 3.8) is 0 Å². The van der Waals surface area contributed by atoms with E-state index in [1.165, 1.54) is 0 Å². The van der Waals surface area contributed by atoms with Gasteiger partial charge in [-0.3, -0.25) is 0 Å². The number of hydrogen-bond acceptors (Lipinski definition) is 3. The summed E-state index contributed by atoms with van der Waals surface area (Å²) in [5, 5.41) is 3.20. The molecule has 0 radical (unpaired) electrons. The van der Waals surface area contributed by atoms with E-state index in [1.54, 1.807) is 6.08 Å². The number of allylic oxidation sites excluding steroid dienone is 1. The zero-order valence-corrected chi connectivity index (χ0v) is 9.15. The van der Waals surface area contributed by atoms with Gasteiger partial charge in [-0.15, -0.1) is 6.58 Å². The van der Waals surface area contributed by atoms with E-state index in [1.807, 2.05) is 0 Å². The van der Waals surface area contributed by atoms with Gasteiger partial charge < -0.3 is 5.32 Å². The highest BCUT2D eigenvalue weighted by Gasteiger charge is 2.17. The second-order valence-electron chi connectivity index (χ2n) is 3.60. The molecule has 1 fully saturated rings. The summed E-state index contributed by atoms with van der Waals surface area (Å²) in [6.45, 7) is 5.98. The van der Waals surface area contributed by atoms with Gasteiger partial charge in [0.05, 0.1) is 5.75 Å². The maximum atomic E-state index is 11.4. The van der Waals surface area contributed by atoms with Crippen LogP contribution in [0.1, 0.15) is 12.8 Å². The molecule has 14 heavy (non-hydrogen) atoms. The highest BCUT2D eigenvalue weighted by molar-refractivity contribution is 7.89. The Kier molecular flexibility index (Phi) is 4.57. The molecule has 0 aromatic heterocycles. The minimum atomic E-state index is -3.08. The van der Waals surface area contributed by atoms with Crippen molar-refractivity contribution in [2.45, 2.75) is 12.8 Å². The maximum Gasteiger partial charge on any atom is 0.211 e. The Morgan fingerprint density at radius 1 is 1.57 bits per heavy atom. The number of nitrogens with one attached hydrogen (secondary N) is 2. The third-order valence-corrected chi connectivity index (χ3v) is 3.72. The summed E-state index contributed by atoms with van der Waals surface area (Å²) in [4.78, 5) is 0. The molecule has 1 saturated heterocycles. The van der Waals surface area contributed by atoms with Crippen LogP contribution in [0.2, 0.25) is 0 Å². The molecule has 0 amide bonds. The highest BCUT2D eigenvalue weighted by Crippen LogP contribution is 2.06. The predicted molar refractivity (Wildman–Crippen MR) is 57.6 cm³/mol. The molecule has 1 atom stereocenters. The molecule has 0 spiro atoms. The molecule has 5 heteroatoms. The standard InChI is InChI=1S/C9H18N2O2S/c1-2-3-6-14(12,13)11-8-9-4-5-10-7-9/h2,9-11H,1,3-8H2. The molecule has 0 aromatic rings. The molecule has 0 saturated carbocycles. The van der Waals surface area contributed by atoms with E-state index >= 15 is 0 Å². The first-order chi connectivity index (χ1) is 6.64. The van der Waals surface area contributed by atoms with Crippen molar-refractivity contribution >= 4 is 10.0 Å². The average molecular weight is 218 g/mol. The fourth-order valence-electron chi connectivity index (χ4n) is 1.44. The van der Waals surface area contributed by atoms with Gasteiger partial charge in [-0.25, -0.2) is 13.1 Å². The minimum Gasteiger partial charge on any atom is -0.316 e. The molecule has 4 nitrogen and oxygen atoms in total. The summed E-state index contributed by atoms with van der Waals surface area (Å²) >= 11 is 0. The van der Waals surface area contributed by atoms with E-state index in [-0.39, 0.29) is 5.75 Å². The van der Waals surface area contributed by atoms with Crippen molar-refractivity contribution in [2.75, 3.05) is 25.4 Å². The lowest BCUT2D eigenvalue weighted by Gasteiger charge is -2.09. The van der Waals surface area contributed by atoms with Gasteiger partial charge in [-0.1, -0.05) is 6.08 Å². The summed E-state index contributed by atoms with van der Waals surface area (Å²) in [6, 6.07) is 0. The summed E-state index contributed by atoms with van der Waals surface area (Å²) in [6.07, 6.45) is 3.19. The Morgan fingerprint density at radius 2 is 2.36 bits per heavy atom. The lowest BCUT2D eigenvalue weighted by atomic mass is 10.1. The number of hydrogen-bond donors (Lipinski definition) is 2. The molecule has 82 valence electrons. The van der Waals surface area contributed by atoms with Crippen molar-refractivity contribution in [3.8, 4) is 0 Å². The molecule has 1 aliphatic rings. The largest absolute Gasteiger partial charge is 0.316 e. The van der Waals surface area contributed by atoms with Crippen LogP contribution in [0, 0.1) is 5.92 Å². The molecule has 0 aliphatic carbocycles. The molecular weight excluding hydrogens is 200 g/mol. The molecule has 0 aromatic carbocycles. The molecule has 1 heterocycles. The van der Waals surface area contributed by atoms with Crippen molar-refractivity contribution in [3.05, 3.63) is 12.7 Å². The second kappa shape index (κ2) is 5.48. The quantitative estimate of drug-likeness (QED) is 0.621. The first kappa shape index (κ1) is 11.7. The first-order valence-corrected chi connectivity index (χ1v) is 6.58. The fourth-order valence-corrected chi connectivity index (χ4v) is 2.56. The first-order valence-electron chi connectivity index (χ1n) is 4.93. The van der Waals surface area contributed by atoms with Crippen LogP contribution in [0.3, 0.4) is 0 Å². The maximum absolute atomic E-state index is 11.4. The van der Waals surface area contributed by atoms with Crippen LogP contribution in [0.4, 0.5) is 0 Å². The van der Waals surface area contributed by atoms with Crippen LogP contribution >= 0.6 is 0 Å². The predicted octanol–water partition coefficient (Wildman–Crippen LogP) is 0.0914. The van der Waals surface area contributed by atoms with Crippen LogP contribution in [0.25, 0.3) is 0 Å². The highest BCUT2D eigenvalue weighted by atomic mass is 32.2. The van der Waals surface area contributed by atoms with Crippen LogP contribution < -0.4 is 10.0 Å². The van der Waals surface area contributed by atoms with Crippen LogP contribution in [-0.4, -0.2) is 33.8 Å². The SMILES string of the molecule is C=CCCS(=O)(=O)NCC1CCNC1. The van der Waals surface area contributed by atoms with E-state index in [0.29, 0.717) is 18.9 Å². The summed E-state index contributed by atoms with van der Waals surface area (Å²) in [5.74, 6) is 0.602. The third kappa shape index (κ3) is 4.21. The molecule has 1 aliphatic heterocycles. The van der Waals surface area contributed by atoms with Crippen molar-refractivity contribution in [1.82, 2.24) is 10.0 Å². The van der Waals surface area contributed by atoms with Crippen LogP contribution in [-0.2, 0) is 10.0 Å². The normalized spacial score (nSPS) is 22.4. The van der Waals surface area contributed by atoms with Crippen LogP contribution in [0.5, 0.6) is 0 Å². The van der Waals surface area contributed by atoms with Gasteiger partial charge in [0, 0.05) is 6.54 Å². The Morgan fingerprint density at radius 3 is 2.93 bits per heavy atom. The molecule has 2 N–H and O–H groups in total. The lowest BCUT2D eigenvalue weighted by molar-refractivity contribution is 0.538. The monoisotopic (exact) mass is 218 g/mol. The van der Waals surface area contributed by atoms with Crippen molar-refractivity contribution in [1.29, 1.82) is 0 Å². The molecule has 1 rings (SSSR count). The van der Waals surface area contributed by atoms with Gasteiger partial charge in [0.25, 0.3) is 0 Å².